The molecule has 2 heterocycles. The first-order valence-corrected chi connectivity index (χ1v) is 9.45. The van der Waals surface area contributed by atoms with Crippen molar-refractivity contribution >= 4 is 57.1 Å². The molecule has 112 valence electrons. The fourth-order valence-electron chi connectivity index (χ4n) is 1.72. The van der Waals surface area contributed by atoms with Crippen LogP contribution in [0.15, 0.2) is 52.7 Å². The lowest BCUT2D eigenvalue weighted by atomic mass is 10.4. The maximum absolute atomic E-state index is 12.0. The number of thiazole rings is 1. The molecule has 0 aliphatic rings. The first kappa shape index (κ1) is 15.6. The van der Waals surface area contributed by atoms with Gasteiger partial charge in [0.05, 0.1) is 20.7 Å². The molecule has 7 heteroatoms. The quantitative estimate of drug-likeness (QED) is 0.626. The Morgan fingerprint density at radius 3 is 2.77 bits per heavy atom. The van der Waals surface area contributed by atoms with E-state index >= 15 is 0 Å². The molecule has 0 bridgehead atoms. The Labute approximate surface area is 145 Å². The minimum absolute atomic E-state index is 0.0565. The van der Waals surface area contributed by atoms with E-state index in [1.54, 1.807) is 0 Å². The predicted octanol–water partition coefficient (Wildman–Crippen LogP) is 5.26. The molecule has 1 amide bonds. The molecule has 1 aromatic carbocycles. The standard InChI is InChI=1S/C15H11ClN2OS3/c16-13-7-6-12(22-13)11-8-21-15(17-11)18-14(19)9-20-10-4-2-1-3-5-10/h1-8H,9H2,(H,17,18,19). The Hall–Kier alpha value is -1.34. The van der Waals surface area contributed by atoms with Gasteiger partial charge >= 0.3 is 0 Å². The number of hydrogen-bond donors (Lipinski definition) is 1. The number of anilines is 1. The number of aromatic nitrogens is 1. The first-order valence-electron chi connectivity index (χ1n) is 6.39. The zero-order valence-corrected chi connectivity index (χ0v) is 14.5. The zero-order valence-electron chi connectivity index (χ0n) is 11.3. The summed E-state index contributed by atoms with van der Waals surface area (Å²) < 4.78 is 0.729. The topological polar surface area (TPSA) is 42.0 Å². The Morgan fingerprint density at radius 2 is 2.05 bits per heavy atom. The van der Waals surface area contributed by atoms with Crippen molar-refractivity contribution in [1.29, 1.82) is 0 Å². The Morgan fingerprint density at radius 1 is 1.23 bits per heavy atom. The molecule has 0 unspecified atom stereocenters. The Balaban J connectivity index is 1.57. The smallest absolute Gasteiger partial charge is 0.236 e. The van der Waals surface area contributed by atoms with Crippen LogP contribution in [-0.2, 0) is 4.79 Å². The van der Waals surface area contributed by atoms with Crippen LogP contribution in [0, 0.1) is 0 Å². The predicted molar refractivity (Wildman–Crippen MR) is 96.2 cm³/mol. The highest BCUT2D eigenvalue weighted by Crippen LogP contribution is 2.32. The van der Waals surface area contributed by atoms with Crippen LogP contribution in [-0.4, -0.2) is 16.6 Å². The molecule has 2 aromatic heterocycles. The number of carbonyl (C=O) groups excluding carboxylic acids is 1. The second-order valence-electron chi connectivity index (χ2n) is 4.29. The largest absolute Gasteiger partial charge is 0.301 e. The van der Waals surface area contributed by atoms with Crippen molar-refractivity contribution in [3.8, 4) is 10.6 Å². The van der Waals surface area contributed by atoms with E-state index in [1.807, 2.05) is 47.8 Å². The monoisotopic (exact) mass is 366 g/mol. The number of carbonyl (C=O) groups is 1. The van der Waals surface area contributed by atoms with Gasteiger partial charge in [0.15, 0.2) is 5.13 Å². The van der Waals surface area contributed by atoms with Gasteiger partial charge in [-0.1, -0.05) is 29.8 Å². The van der Waals surface area contributed by atoms with Gasteiger partial charge in [-0.2, -0.15) is 0 Å². The van der Waals surface area contributed by atoms with Crippen LogP contribution in [0.5, 0.6) is 0 Å². The summed E-state index contributed by atoms with van der Waals surface area (Å²) in [5.41, 5.74) is 0.841. The lowest BCUT2D eigenvalue weighted by molar-refractivity contribution is -0.113. The van der Waals surface area contributed by atoms with E-state index in [-0.39, 0.29) is 5.91 Å². The van der Waals surface area contributed by atoms with Gasteiger partial charge in [-0.15, -0.1) is 34.4 Å². The molecule has 0 radical (unpaired) electrons. The number of benzene rings is 1. The molecule has 0 saturated heterocycles. The summed E-state index contributed by atoms with van der Waals surface area (Å²) in [5, 5.41) is 5.36. The maximum Gasteiger partial charge on any atom is 0.236 e. The van der Waals surface area contributed by atoms with Crippen molar-refractivity contribution in [2.24, 2.45) is 0 Å². The number of hydrogen-bond acceptors (Lipinski definition) is 5. The summed E-state index contributed by atoms with van der Waals surface area (Å²) in [7, 11) is 0. The van der Waals surface area contributed by atoms with Crippen molar-refractivity contribution in [2.75, 3.05) is 11.1 Å². The van der Waals surface area contributed by atoms with Crippen molar-refractivity contribution in [1.82, 2.24) is 4.98 Å². The molecule has 3 aromatic rings. The normalized spacial score (nSPS) is 10.6. The molecule has 3 rings (SSSR count). The SMILES string of the molecule is O=C(CSc1ccccc1)Nc1nc(-c2ccc(Cl)s2)cs1. The molecule has 0 spiro atoms. The molecule has 22 heavy (non-hydrogen) atoms. The van der Waals surface area contributed by atoms with Crippen molar-refractivity contribution in [3.63, 3.8) is 0 Å². The lowest BCUT2D eigenvalue weighted by Gasteiger charge is -2.01. The van der Waals surface area contributed by atoms with Crippen LogP contribution in [0.3, 0.4) is 0 Å². The third kappa shape index (κ3) is 4.10. The van der Waals surface area contributed by atoms with Gasteiger partial charge in [-0.05, 0) is 24.3 Å². The number of nitrogens with one attached hydrogen (secondary N) is 1. The number of nitrogens with zero attached hydrogens (tertiary/aromatic N) is 1. The number of rotatable bonds is 5. The van der Waals surface area contributed by atoms with Crippen LogP contribution in [0.4, 0.5) is 5.13 Å². The molecular weight excluding hydrogens is 356 g/mol. The average Bonchev–Trinajstić information content (AvgIpc) is 3.15. The number of amides is 1. The third-order valence-corrected chi connectivity index (χ3v) is 5.71. The third-order valence-electron chi connectivity index (χ3n) is 2.69. The van der Waals surface area contributed by atoms with Crippen molar-refractivity contribution < 1.29 is 4.79 Å². The molecule has 0 fully saturated rings. The van der Waals surface area contributed by atoms with Crippen molar-refractivity contribution in [2.45, 2.75) is 4.90 Å². The molecule has 0 atom stereocenters. The van der Waals surface area contributed by atoms with E-state index in [2.05, 4.69) is 10.3 Å². The van der Waals surface area contributed by atoms with E-state index in [9.17, 15) is 4.79 Å². The van der Waals surface area contributed by atoms with Gasteiger partial charge in [0.25, 0.3) is 0 Å². The molecule has 0 aliphatic heterocycles. The number of thiophene rings is 1. The van der Waals surface area contributed by atoms with Gasteiger partial charge in [0, 0.05) is 10.3 Å². The van der Waals surface area contributed by atoms with E-state index in [1.165, 1.54) is 34.4 Å². The maximum atomic E-state index is 12.0. The summed E-state index contributed by atoms with van der Waals surface area (Å²) in [6.07, 6.45) is 0. The molecular formula is C15H11ClN2OS3. The Bertz CT molecular complexity index is 770. The summed E-state index contributed by atoms with van der Waals surface area (Å²) in [6.45, 7) is 0. The summed E-state index contributed by atoms with van der Waals surface area (Å²) >= 11 is 10.3. The molecule has 0 saturated carbocycles. The van der Waals surface area contributed by atoms with Crippen LogP contribution in [0.25, 0.3) is 10.6 Å². The minimum atomic E-state index is -0.0565. The van der Waals surface area contributed by atoms with Gasteiger partial charge in [-0.25, -0.2) is 4.98 Å². The zero-order chi connectivity index (χ0) is 15.4. The lowest BCUT2D eigenvalue weighted by Crippen LogP contribution is -2.13. The van der Waals surface area contributed by atoms with E-state index < -0.39 is 0 Å². The van der Waals surface area contributed by atoms with Gasteiger partial charge < -0.3 is 5.32 Å². The first-order chi connectivity index (χ1) is 10.7. The summed E-state index contributed by atoms with van der Waals surface area (Å²) in [5.74, 6) is 0.308. The Kier molecular flexibility index (Phi) is 5.15. The average molecular weight is 367 g/mol. The van der Waals surface area contributed by atoms with Crippen LogP contribution >= 0.6 is 46.0 Å². The summed E-state index contributed by atoms with van der Waals surface area (Å²) in [6, 6.07) is 13.6. The number of halogens is 1. The minimum Gasteiger partial charge on any atom is -0.301 e. The summed E-state index contributed by atoms with van der Waals surface area (Å²) in [4.78, 5) is 18.4. The highest BCUT2D eigenvalue weighted by molar-refractivity contribution is 8.00. The fourth-order valence-corrected chi connectivity index (χ4v) is 4.24. The molecule has 1 N–H and O–H groups in total. The molecule has 3 nitrogen and oxygen atoms in total. The van der Waals surface area contributed by atoms with Gasteiger partial charge in [0.1, 0.15) is 0 Å². The fraction of sp³-hybridized carbons (Fsp3) is 0.0667. The van der Waals surface area contributed by atoms with Crippen LogP contribution in [0.1, 0.15) is 0 Å². The van der Waals surface area contributed by atoms with Crippen LogP contribution < -0.4 is 5.32 Å². The van der Waals surface area contributed by atoms with Crippen LogP contribution in [0.2, 0.25) is 4.34 Å². The van der Waals surface area contributed by atoms with Gasteiger partial charge in [0.2, 0.25) is 5.91 Å². The van der Waals surface area contributed by atoms with E-state index in [4.69, 9.17) is 11.6 Å². The molecule has 0 aliphatic carbocycles. The van der Waals surface area contributed by atoms with Crippen molar-refractivity contribution in [3.05, 3.63) is 52.2 Å². The van der Waals surface area contributed by atoms with E-state index in [0.717, 1.165) is 19.8 Å². The second kappa shape index (κ2) is 7.28. The second-order valence-corrected chi connectivity index (χ2v) is 7.91. The number of thioether (sulfide) groups is 1. The van der Waals surface area contributed by atoms with E-state index in [0.29, 0.717) is 10.9 Å². The highest BCUT2D eigenvalue weighted by atomic mass is 35.5. The highest BCUT2D eigenvalue weighted by Gasteiger charge is 2.10. The van der Waals surface area contributed by atoms with Gasteiger partial charge in [-0.3, -0.25) is 4.79 Å².